The van der Waals surface area contributed by atoms with Crippen molar-refractivity contribution in [3.8, 4) is 0 Å². The maximum absolute atomic E-state index is 5.02. The predicted octanol–water partition coefficient (Wildman–Crippen LogP) is 4.51. The molecule has 118 valence electrons. The van der Waals surface area contributed by atoms with Crippen LogP contribution in [0.4, 0.5) is 0 Å². The highest BCUT2D eigenvalue weighted by atomic mass is 32.2. The maximum Gasteiger partial charge on any atom is 0.0937 e. The van der Waals surface area contributed by atoms with Gasteiger partial charge in [0.2, 0.25) is 0 Å². The molecular formula is C18H30N2S. The van der Waals surface area contributed by atoms with Crippen LogP contribution in [0.25, 0.3) is 0 Å². The molecule has 0 saturated heterocycles. The first kappa shape index (κ1) is 15.6. The minimum Gasteiger partial charge on any atom is -0.306 e. The Kier molecular flexibility index (Phi) is 5.11. The molecular weight excluding hydrogens is 276 g/mol. The van der Waals surface area contributed by atoms with Crippen LogP contribution < -0.4 is 0 Å². The molecule has 2 aliphatic carbocycles. The first-order chi connectivity index (χ1) is 10.1. The SMILES string of the molecule is CC(=CC1CCC(N(C)C)CC1)C1=NC2CCCCC2S1. The second-order valence-corrected chi connectivity index (χ2v) is 8.55. The Morgan fingerprint density at radius 1 is 1.10 bits per heavy atom. The topological polar surface area (TPSA) is 15.6 Å². The molecule has 0 aromatic heterocycles. The molecule has 3 rings (SSSR count). The van der Waals surface area contributed by atoms with Gasteiger partial charge in [0, 0.05) is 11.3 Å². The fraction of sp³-hybridized carbons (Fsp3) is 0.833. The van der Waals surface area contributed by atoms with Crippen molar-refractivity contribution in [3.05, 3.63) is 11.6 Å². The zero-order valence-corrected chi connectivity index (χ0v) is 14.7. The Hall–Kier alpha value is -0.280. The van der Waals surface area contributed by atoms with Crippen LogP contribution in [-0.4, -0.2) is 41.4 Å². The smallest absolute Gasteiger partial charge is 0.0937 e. The van der Waals surface area contributed by atoms with E-state index in [4.69, 9.17) is 4.99 Å². The Balaban J connectivity index is 1.57. The van der Waals surface area contributed by atoms with Gasteiger partial charge >= 0.3 is 0 Å². The molecule has 3 aliphatic rings. The van der Waals surface area contributed by atoms with E-state index in [1.807, 2.05) is 0 Å². The van der Waals surface area contributed by atoms with Crippen molar-refractivity contribution in [3.63, 3.8) is 0 Å². The van der Waals surface area contributed by atoms with Gasteiger partial charge < -0.3 is 4.90 Å². The second-order valence-electron chi connectivity index (χ2n) is 7.32. The Bertz CT molecular complexity index is 419. The third kappa shape index (κ3) is 3.73. The third-order valence-electron chi connectivity index (χ3n) is 5.51. The Labute approximate surface area is 134 Å². The number of hydrogen-bond acceptors (Lipinski definition) is 3. The molecule has 0 bridgehead atoms. The van der Waals surface area contributed by atoms with Gasteiger partial charge in [-0.3, -0.25) is 4.99 Å². The van der Waals surface area contributed by atoms with E-state index in [0.717, 1.165) is 17.2 Å². The van der Waals surface area contributed by atoms with Crippen molar-refractivity contribution in [1.82, 2.24) is 4.90 Å². The summed E-state index contributed by atoms with van der Waals surface area (Å²) in [6.07, 6.45) is 13.4. The average Bonchev–Trinajstić information content (AvgIpc) is 2.92. The molecule has 2 atom stereocenters. The molecule has 0 aromatic rings. The van der Waals surface area contributed by atoms with Crippen LogP contribution in [0.3, 0.4) is 0 Å². The minimum absolute atomic E-state index is 0.631. The summed E-state index contributed by atoms with van der Waals surface area (Å²) in [5.74, 6) is 0.784. The summed E-state index contributed by atoms with van der Waals surface area (Å²) >= 11 is 2.07. The number of fused-ring (bicyclic) bond motifs is 1. The van der Waals surface area contributed by atoms with Crippen molar-refractivity contribution in [2.24, 2.45) is 10.9 Å². The number of nitrogens with zero attached hydrogens (tertiary/aromatic N) is 2. The van der Waals surface area contributed by atoms with Crippen molar-refractivity contribution in [1.29, 1.82) is 0 Å². The number of thioether (sulfide) groups is 1. The summed E-state index contributed by atoms with van der Waals surface area (Å²) < 4.78 is 0. The molecule has 1 aliphatic heterocycles. The van der Waals surface area contributed by atoms with E-state index in [-0.39, 0.29) is 0 Å². The first-order valence-electron chi connectivity index (χ1n) is 8.73. The second kappa shape index (κ2) is 6.87. The van der Waals surface area contributed by atoms with E-state index in [9.17, 15) is 0 Å². The lowest BCUT2D eigenvalue weighted by atomic mass is 9.84. The van der Waals surface area contributed by atoms with Crippen molar-refractivity contribution >= 4 is 16.8 Å². The molecule has 2 unspecified atom stereocenters. The monoisotopic (exact) mass is 306 g/mol. The highest BCUT2D eigenvalue weighted by Gasteiger charge is 2.32. The van der Waals surface area contributed by atoms with Crippen molar-refractivity contribution in [2.75, 3.05) is 14.1 Å². The zero-order valence-electron chi connectivity index (χ0n) is 13.8. The summed E-state index contributed by atoms with van der Waals surface area (Å²) in [4.78, 5) is 7.42. The van der Waals surface area contributed by atoms with Crippen LogP contribution in [0.2, 0.25) is 0 Å². The van der Waals surface area contributed by atoms with Gasteiger partial charge in [-0.15, -0.1) is 11.8 Å². The van der Waals surface area contributed by atoms with Crippen molar-refractivity contribution in [2.45, 2.75) is 75.6 Å². The maximum atomic E-state index is 5.02. The van der Waals surface area contributed by atoms with Crippen LogP contribution in [0.15, 0.2) is 16.6 Å². The molecule has 2 nitrogen and oxygen atoms in total. The largest absolute Gasteiger partial charge is 0.306 e. The Morgan fingerprint density at radius 2 is 1.81 bits per heavy atom. The van der Waals surface area contributed by atoms with Gasteiger partial charge in [-0.05, 0) is 71.0 Å². The lowest BCUT2D eigenvalue weighted by Gasteiger charge is -2.31. The van der Waals surface area contributed by atoms with Crippen LogP contribution in [0.1, 0.15) is 58.3 Å². The molecule has 0 N–H and O–H groups in total. The first-order valence-corrected chi connectivity index (χ1v) is 9.61. The summed E-state index contributed by atoms with van der Waals surface area (Å²) in [5, 5.41) is 2.16. The molecule has 2 fully saturated rings. The molecule has 1 heterocycles. The zero-order chi connectivity index (χ0) is 14.8. The lowest BCUT2D eigenvalue weighted by Crippen LogP contribution is -2.31. The summed E-state index contributed by atoms with van der Waals surface area (Å²) in [6.45, 7) is 2.29. The highest BCUT2D eigenvalue weighted by Crippen LogP contribution is 2.39. The quantitative estimate of drug-likeness (QED) is 0.762. The fourth-order valence-electron chi connectivity index (χ4n) is 4.09. The number of rotatable bonds is 3. The lowest BCUT2D eigenvalue weighted by molar-refractivity contribution is 0.209. The van der Waals surface area contributed by atoms with E-state index < -0.39 is 0 Å². The van der Waals surface area contributed by atoms with Crippen LogP contribution in [-0.2, 0) is 0 Å². The van der Waals surface area contributed by atoms with Gasteiger partial charge in [-0.2, -0.15) is 0 Å². The minimum atomic E-state index is 0.631. The number of aliphatic imine (C=N–C) groups is 1. The summed E-state index contributed by atoms with van der Waals surface area (Å²) in [6, 6.07) is 1.43. The number of allylic oxidation sites excluding steroid dienone is 1. The van der Waals surface area contributed by atoms with Gasteiger partial charge in [0.25, 0.3) is 0 Å². The molecule has 21 heavy (non-hydrogen) atoms. The fourth-order valence-corrected chi connectivity index (χ4v) is 5.47. The summed E-state index contributed by atoms with van der Waals surface area (Å²) in [5.41, 5.74) is 1.46. The summed E-state index contributed by atoms with van der Waals surface area (Å²) in [7, 11) is 4.44. The molecule has 0 spiro atoms. The van der Waals surface area contributed by atoms with Gasteiger partial charge in [0.15, 0.2) is 0 Å². The van der Waals surface area contributed by atoms with E-state index in [1.54, 1.807) is 0 Å². The van der Waals surface area contributed by atoms with Gasteiger partial charge in [0.05, 0.1) is 11.1 Å². The van der Waals surface area contributed by atoms with Gasteiger partial charge in [-0.25, -0.2) is 0 Å². The van der Waals surface area contributed by atoms with E-state index in [0.29, 0.717) is 6.04 Å². The standard InChI is InChI=1S/C18H30N2S/c1-13(12-14-8-10-15(11-9-14)20(2)3)18-19-16-6-4-5-7-17(16)21-18/h12,14-17H,4-11H2,1-3H3. The molecule has 0 amide bonds. The van der Waals surface area contributed by atoms with E-state index in [1.165, 1.54) is 62.0 Å². The predicted molar refractivity (Wildman–Crippen MR) is 94.3 cm³/mol. The molecule has 0 radical (unpaired) electrons. The van der Waals surface area contributed by atoms with Crippen LogP contribution >= 0.6 is 11.8 Å². The molecule has 3 heteroatoms. The van der Waals surface area contributed by atoms with Crippen LogP contribution in [0.5, 0.6) is 0 Å². The normalized spacial score (nSPS) is 37.5. The highest BCUT2D eigenvalue weighted by molar-refractivity contribution is 8.15. The third-order valence-corrected chi connectivity index (χ3v) is 7.01. The van der Waals surface area contributed by atoms with Gasteiger partial charge in [-0.1, -0.05) is 18.9 Å². The van der Waals surface area contributed by atoms with Gasteiger partial charge in [0.1, 0.15) is 0 Å². The van der Waals surface area contributed by atoms with E-state index >= 15 is 0 Å². The molecule has 2 saturated carbocycles. The van der Waals surface area contributed by atoms with Crippen molar-refractivity contribution < 1.29 is 0 Å². The number of hydrogen-bond donors (Lipinski definition) is 0. The Morgan fingerprint density at radius 3 is 2.48 bits per heavy atom. The molecule has 0 aromatic carbocycles. The van der Waals surface area contributed by atoms with Crippen LogP contribution in [0, 0.1) is 5.92 Å². The average molecular weight is 307 g/mol. The van der Waals surface area contributed by atoms with E-state index in [2.05, 4.69) is 43.8 Å².